The van der Waals surface area contributed by atoms with Gasteiger partial charge in [0.05, 0.1) is 0 Å². The average molecular weight is 181 g/mol. The van der Waals surface area contributed by atoms with Gasteiger partial charge in [-0.15, -0.1) is 0 Å². The van der Waals surface area contributed by atoms with Crippen LogP contribution in [-0.2, 0) is 7.58 Å². The van der Waals surface area contributed by atoms with Crippen molar-refractivity contribution in [2.45, 2.75) is 39.9 Å². The third-order valence-electron chi connectivity index (χ3n) is 0.655. The van der Waals surface area contributed by atoms with Gasteiger partial charge in [-0.1, -0.05) is 0 Å². The van der Waals surface area contributed by atoms with Crippen LogP contribution in [0.5, 0.6) is 0 Å². The Balaban J connectivity index is 0. The molecule has 0 aliphatic rings. The zero-order valence-corrected chi connectivity index (χ0v) is 8.84. The van der Waals surface area contributed by atoms with Crippen molar-refractivity contribution in [1.82, 2.24) is 0 Å². The van der Waals surface area contributed by atoms with Crippen LogP contribution in [0.4, 0.5) is 0 Å². The van der Waals surface area contributed by atoms with Crippen LogP contribution in [0, 0.1) is 0 Å². The molecular weight excluding hydrogens is 166 g/mol. The van der Waals surface area contributed by atoms with Gasteiger partial charge in [-0.2, -0.15) is 0 Å². The van der Waals surface area contributed by atoms with Gasteiger partial charge in [0.25, 0.3) is 0 Å². The van der Waals surface area contributed by atoms with E-state index in [1.807, 2.05) is 27.7 Å². The number of rotatable bonds is 4. The van der Waals surface area contributed by atoms with E-state index in [9.17, 15) is 0 Å². The van der Waals surface area contributed by atoms with E-state index in [0.717, 1.165) is 0 Å². The molecule has 0 heterocycles. The van der Waals surface area contributed by atoms with Crippen molar-refractivity contribution >= 4 is 15.9 Å². The molecule has 2 nitrogen and oxygen atoms in total. The van der Waals surface area contributed by atoms with E-state index in [4.69, 9.17) is 7.58 Å². The summed E-state index contributed by atoms with van der Waals surface area (Å²) in [4.78, 5) is 0. The maximum atomic E-state index is 5.21. The van der Waals surface area contributed by atoms with Gasteiger partial charge in [0, 0.05) is 0 Å². The Bertz CT molecular complexity index is 60.8. The van der Waals surface area contributed by atoms with Crippen LogP contribution in [0.3, 0.4) is 0 Å². The Morgan fingerprint density at radius 2 is 1.20 bits per heavy atom. The summed E-state index contributed by atoms with van der Waals surface area (Å²) >= 11 is -0.245. The molecule has 0 saturated carbocycles. The second-order valence-corrected chi connectivity index (χ2v) is 3.20. The Morgan fingerprint density at radius 3 is 1.40 bits per heavy atom. The molecule has 0 amide bonds. The molecular formula is C6H14AlClO2. The van der Waals surface area contributed by atoms with Crippen molar-refractivity contribution in [2.75, 3.05) is 0 Å². The molecule has 10 heavy (non-hydrogen) atoms. The summed E-state index contributed by atoms with van der Waals surface area (Å²) in [6, 6.07) is 0. The summed E-state index contributed by atoms with van der Waals surface area (Å²) in [7, 11) is 0. The summed E-state index contributed by atoms with van der Waals surface area (Å²) in [6.45, 7) is 8.04. The minimum absolute atomic E-state index is 0. The van der Waals surface area contributed by atoms with Gasteiger partial charge in [-0.3, -0.25) is 0 Å². The fraction of sp³-hybridized carbons (Fsp3) is 1.00. The first-order valence-corrected chi connectivity index (χ1v) is 4.20. The molecule has 0 N–H and O–H groups in total. The Morgan fingerprint density at radius 1 is 0.900 bits per heavy atom. The van der Waals surface area contributed by atoms with E-state index in [2.05, 4.69) is 0 Å². The third-order valence-corrected chi connectivity index (χ3v) is 1.97. The fourth-order valence-electron chi connectivity index (χ4n) is 0.254. The average Bonchev–Trinajstić information content (AvgIpc) is 1.63. The molecule has 60 valence electrons. The molecule has 0 atom stereocenters. The van der Waals surface area contributed by atoms with Crippen LogP contribution in [0.2, 0.25) is 0 Å². The summed E-state index contributed by atoms with van der Waals surface area (Å²) in [6.07, 6.45) is 0.609. The normalized spacial score (nSPS) is 9.40. The van der Waals surface area contributed by atoms with Crippen molar-refractivity contribution in [3.05, 3.63) is 0 Å². The minimum atomic E-state index is -0.245. The molecule has 0 bridgehead atoms. The van der Waals surface area contributed by atoms with Crippen molar-refractivity contribution in [3.63, 3.8) is 0 Å². The first-order valence-electron chi connectivity index (χ1n) is 3.25. The molecule has 0 radical (unpaired) electrons. The molecule has 0 aliphatic heterocycles. The van der Waals surface area contributed by atoms with E-state index in [0.29, 0.717) is 12.2 Å². The van der Waals surface area contributed by atoms with Gasteiger partial charge in [-0.25, -0.2) is 0 Å². The summed E-state index contributed by atoms with van der Waals surface area (Å²) < 4.78 is 10.4. The fourth-order valence-corrected chi connectivity index (χ4v) is 0.763. The summed E-state index contributed by atoms with van der Waals surface area (Å²) in [5.41, 5.74) is 0. The molecule has 0 fully saturated rings. The van der Waals surface area contributed by atoms with Crippen LogP contribution in [0.25, 0.3) is 0 Å². The monoisotopic (exact) mass is 180 g/mol. The summed E-state index contributed by atoms with van der Waals surface area (Å²) in [5, 5.41) is 0. The third kappa shape index (κ3) is 11.5. The van der Waals surface area contributed by atoms with E-state index in [1.165, 1.54) is 0 Å². The largest absolute Gasteiger partial charge is 1.00 e. The molecule has 0 rings (SSSR count). The van der Waals surface area contributed by atoms with Crippen LogP contribution in [-0.4, -0.2) is 28.1 Å². The van der Waals surface area contributed by atoms with Crippen molar-refractivity contribution in [2.24, 2.45) is 0 Å². The molecule has 0 aliphatic carbocycles. The smallest absolute Gasteiger partial charge is 1.00 e. The molecule has 0 aromatic heterocycles. The van der Waals surface area contributed by atoms with Crippen molar-refractivity contribution < 1.29 is 20.0 Å². The SMILES string of the molecule is CC(C)[O][Al+][O]C(C)C.[Cl-]. The second-order valence-electron chi connectivity index (χ2n) is 2.47. The minimum Gasteiger partial charge on any atom is -1.00 e. The van der Waals surface area contributed by atoms with E-state index in [1.54, 1.807) is 0 Å². The van der Waals surface area contributed by atoms with Gasteiger partial charge in [0.15, 0.2) is 0 Å². The van der Waals surface area contributed by atoms with Gasteiger partial charge in [0.2, 0.25) is 0 Å². The first-order chi connectivity index (χ1) is 4.13. The maximum absolute atomic E-state index is 5.21. The quantitative estimate of drug-likeness (QED) is 0.484. The maximum Gasteiger partial charge on any atom is -1.00 e. The molecule has 0 aromatic rings. The standard InChI is InChI=1S/2C3H7O.Al.ClH/c2*1-3(2)4;;/h2*3H,1-2H3;;1H/q2*-1;+3;/p-1. The zero-order valence-electron chi connectivity index (χ0n) is 6.93. The van der Waals surface area contributed by atoms with Crippen LogP contribution < -0.4 is 12.4 Å². The van der Waals surface area contributed by atoms with Crippen LogP contribution >= 0.6 is 0 Å². The second kappa shape index (κ2) is 7.85. The number of hydrogen-bond donors (Lipinski definition) is 0. The van der Waals surface area contributed by atoms with E-state index >= 15 is 0 Å². The molecule has 0 saturated heterocycles. The molecule has 0 aromatic carbocycles. The molecule has 0 unspecified atom stereocenters. The Hall–Kier alpha value is 0.742. The Labute approximate surface area is 76.1 Å². The topological polar surface area (TPSA) is 18.5 Å². The number of halogens is 1. The van der Waals surface area contributed by atoms with Gasteiger partial charge >= 0.3 is 63.4 Å². The number of hydrogen-bond acceptors (Lipinski definition) is 2. The van der Waals surface area contributed by atoms with E-state index in [-0.39, 0.29) is 28.3 Å². The predicted octanol–water partition coefficient (Wildman–Crippen LogP) is -1.63. The van der Waals surface area contributed by atoms with Crippen molar-refractivity contribution in [1.29, 1.82) is 0 Å². The van der Waals surface area contributed by atoms with Crippen LogP contribution in [0.1, 0.15) is 27.7 Å². The van der Waals surface area contributed by atoms with Crippen LogP contribution in [0.15, 0.2) is 0 Å². The van der Waals surface area contributed by atoms with Gasteiger partial charge in [-0.05, 0) is 0 Å². The molecule has 4 heteroatoms. The zero-order chi connectivity index (χ0) is 7.28. The summed E-state index contributed by atoms with van der Waals surface area (Å²) in [5.74, 6) is 0. The first kappa shape index (κ1) is 13.3. The van der Waals surface area contributed by atoms with Gasteiger partial charge in [0.1, 0.15) is 0 Å². The van der Waals surface area contributed by atoms with Crippen molar-refractivity contribution in [3.8, 4) is 0 Å². The van der Waals surface area contributed by atoms with E-state index < -0.39 is 0 Å². The Kier molecular flexibility index (Phi) is 10.5. The predicted molar refractivity (Wildman–Crippen MR) is 38.2 cm³/mol. The van der Waals surface area contributed by atoms with Gasteiger partial charge < -0.3 is 12.4 Å². The molecule has 0 spiro atoms.